The summed E-state index contributed by atoms with van der Waals surface area (Å²) in [7, 11) is 0. The van der Waals surface area contributed by atoms with Gasteiger partial charge in [-0.25, -0.2) is 4.98 Å². The molecule has 1 saturated heterocycles. The fraction of sp³-hybridized carbons (Fsp3) is 0.438. The maximum atomic E-state index is 11.9. The third-order valence-corrected chi connectivity index (χ3v) is 3.93. The number of fused-ring (bicyclic) bond motifs is 1. The van der Waals surface area contributed by atoms with Crippen LogP contribution in [0, 0.1) is 0 Å². The minimum atomic E-state index is -0.333. The molecule has 0 saturated carbocycles. The van der Waals surface area contributed by atoms with Crippen molar-refractivity contribution in [3.05, 3.63) is 35.8 Å². The van der Waals surface area contributed by atoms with E-state index in [2.05, 4.69) is 43.3 Å². The molecule has 0 aromatic carbocycles. The molecule has 2 aromatic heterocycles. The molecule has 5 nitrogen and oxygen atoms in total. The molecular formula is C16H19N3O2. The number of piperidine rings is 1. The topological polar surface area (TPSA) is 63.5 Å². The molecule has 0 aliphatic carbocycles. The quantitative estimate of drug-likeness (QED) is 0.817. The highest BCUT2D eigenvalue weighted by atomic mass is 16.2. The Labute approximate surface area is 123 Å². The van der Waals surface area contributed by atoms with Gasteiger partial charge in [0.05, 0.1) is 11.6 Å². The summed E-state index contributed by atoms with van der Waals surface area (Å²) in [5, 5.41) is 2.38. The summed E-state index contributed by atoms with van der Waals surface area (Å²) in [5.74, 6) is -0.776. The van der Waals surface area contributed by atoms with Crippen LogP contribution in [-0.2, 0) is 15.0 Å². The van der Waals surface area contributed by atoms with Crippen molar-refractivity contribution in [1.29, 1.82) is 0 Å². The van der Waals surface area contributed by atoms with E-state index < -0.39 is 0 Å². The van der Waals surface area contributed by atoms with Gasteiger partial charge in [-0.1, -0.05) is 26.8 Å². The van der Waals surface area contributed by atoms with Crippen LogP contribution in [0.2, 0.25) is 0 Å². The molecule has 1 aliphatic heterocycles. The van der Waals surface area contributed by atoms with Crippen molar-refractivity contribution < 1.29 is 9.59 Å². The van der Waals surface area contributed by atoms with Crippen molar-refractivity contribution in [2.24, 2.45) is 0 Å². The van der Waals surface area contributed by atoms with E-state index in [0.717, 1.165) is 11.3 Å². The highest BCUT2D eigenvalue weighted by Gasteiger charge is 2.29. The third-order valence-electron chi connectivity index (χ3n) is 3.93. The molecule has 2 amide bonds. The van der Waals surface area contributed by atoms with Crippen LogP contribution in [-0.4, -0.2) is 21.2 Å². The first-order chi connectivity index (χ1) is 9.84. The molecule has 1 N–H and O–H groups in total. The van der Waals surface area contributed by atoms with Gasteiger partial charge >= 0.3 is 0 Å². The largest absolute Gasteiger partial charge is 0.307 e. The summed E-state index contributed by atoms with van der Waals surface area (Å²) in [5.41, 5.74) is 2.82. The molecule has 3 rings (SSSR count). The van der Waals surface area contributed by atoms with E-state index in [0.29, 0.717) is 12.8 Å². The van der Waals surface area contributed by atoms with Crippen LogP contribution in [0.15, 0.2) is 24.5 Å². The Morgan fingerprint density at radius 1 is 1.24 bits per heavy atom. The Kier molecular flexibility index (Phi) is 3.08. The molecule has 2 aromatic rings. The van der Waals surface area contributed by atoms with E-state index in [9.17, 15) is 9.59 Å². The number of nitrogens with one attached hydrogen (secondary N) is 1. The maximum absolute atomic E-state index is 11.9. The molecule has 0 radical (unpaired) electrons. The van der Waals surface area contributed by atoms with Crippen LogP contribution >= 0.6 is 0 Å². The van der Waals surface area contributed by atoms with Gasteiger partial charge in [-0.15, -0.1) is 0 Å². The standard InChI is InChI=1S/C16H19N3O2/c1-16(2,3)10-4-6-13-17-12(9-19(13)8-10)11-5-7-14(20)18-15(11)21/h4,6,8-9,11H,5,7H2,1-3H3,(H,18,20,21). The molecule has 21 heavy (non-hydrogen) atoms. The van der Waals surface area contributed by atoms with Crippen LogP contribution in [0.25, 0.3) is 5.65 Å². The summed E-state index contributed by atoms with van der Waals surface area (Å²) in [6.07, 6.45) is 4.85. The first-order valence-corrected chi connectivity index (χ1v) is 7.17. The van der Waals surface area contributed by atoms with E-state index in [1.165, 1.54) is 5.56 Å². The number of rotatable bonds is 1. The number of carbonyl (C=O) groups is 2. The average Bonchev–Trinajstić information content (AvgIpc) is 2.79. The van der Waals surface area contributed by atoms with Crippen molar-refractivity contribution in [3.8, 4) is 0 Å². The SMILES string of the molecule is CC(C)(C)c1ccc2nc(C3CCC(=O)NC3=O)cn2c1. The van der Waals surface area contributed by atoms with Crippen molar-refractivity contribution in [2.45, 2.75) is 44.9 Å². The molecule has 0 bridgehead atoms. The second-order valence-corrected chi connectivity index (χ2v) is 6.60. The molecule has 110 valence electrons. The summed E-state index contributed by atoms with van der Waals surface area (Å²) >= 11 is 0. The average molecular weight is 285 g/mol. The van der Waals surface area contributed by atoms with Gasteiger partial charge in [0.15, 0.2) is 0 Å². The number of carbonyl (C=O) groups excluding carboxylic acids is 2. The summed E-state index contributed by atoms with van der Waals surface area (Å²) in [4.78, 5) is 27.7. The van der Waals surface area contributed by atoms with Crippen LogP contribution < -0.4 is 5.32 Å². The van der Waals surface area contributed by atoms with Crippen LogP contribution in [0.3, 0.4) is 0 Å². The minimum Gasteiger partial charge on any atom is -0.307 e. The van der Waals surface area contributed by atoms with Crippen LogP contribution in [0.1, 0.15) is 50.8 Å². The van der Waals surface area contributed by atoms with Gasteiger partial charge in [0.1, 0.15) is 5.65 Å². The van der Waals surface area contributed by atoms with Gasteiger partial charge < -0.3 is 4.40 Å². The highest BCUT2D eigenvalue weighted by molar-refractivity contribution is 6.00. The maximum Gasteiger partial charge on any atom is 0.235 e. The van der Waals surface area contributed by atoms with E-state index in [1.807, 2.05) is 16.7 Å². The zero-order chi connectivity index (χ0) is 15.2. The lowest BCUT2D eigenvalue weighted by molar-refractivity contribution is -0.134. The second kappa shape index (κ2) is 4.69. The molecule has 1 atom stereocenters. The normalized spacial score (nSPS) is 19.9. The van der Waals surface area contributed by atoms with Crippen molar-refractivity contribution in [1.82, 2.24) is 14.7 Å². The van der Waals surface area contributed by atoms with Crippen LogP contribution in [0.4, 0.5) is 0 Å². The summed E-state index contributed by atoms with van der Waals surface area (Å²) in [6, 6.07) is 4.03. The number of hydrogen-bond donors (Lipinski definition) is 1. The number of aromatic nitrogens is 2. The monoisotopic (exact) mass is 285 g/mol. The van der Waals surface area contributed by atoms with Gasteiger partial charge in [-0.3, -0.25) is 14.9 Å². The van der Waals surface area contributed by atoms with Crippen LogP contribution in [0.5, 0.6) is 0 Å². The number of hydrogen-bond acceptors (Lipinski definition) is 3. The molecule has 0 spiro atoms. The van der Waals surface area contributed by atoms with Crippen molar-refractivity contribution >= 4 is 17.5 Å². The zero-order valence-electron chi connectivity index (χ0n) is 12.5. The van der Waals surface area contributed by atoms with E-state index in [1.54, 1.807) is 0 Å². The summed E-state index contributed by atoms with van der Waals surface area (Å²) in [6.45, 7) is 6.48. The Hall–Kier alpha value is -2.17. The predicted molar refractivity (Wildman–Crippen MR) is 79.0 cm³/mol. The molecule has 1 aliphatic rings. The van der Waals surface area contributed by atoms with E-state index in [4.69, 9.17) is 0 Å². The first kappa shape index (κ1) is 13.8. The van der Waals surface area contributed by atoms with E-state index >= 15 is 0 Å². The van der Waals surface area contributed by atoms with Crippen molar-refractivity contribution in [2.75, 3.05) is 0 Å². The van der Waals surface area contributed by atoms with Gasteiger partial charge in [-0.05, 0) is 23.5 Å². The molecule has 3 heterocycles. The molecule has 1 unspecified atom stereocenters. The molecular weight excluding hydrogens is 266 g/mol. The lowest BCUT2D eigenvalue weighted by atomic mass is 9.88. The van der Waals surface area contributed by atoms with Gasteiger partial charge in [0.25, 0.3) is 0 Å². The van der Waals surface area contributed by atoms with Crippen molar-refractivity contribution in [3.63, 3.8) is 0 Å². The Morgan fingerprint density at radius 2 is 2.00 bits per heavy atom. The number of imide groups is 1. The van der Waals surface area contributed by atoms with Gasteiger partial charge in [0, 0.05) is 18.8 Å². The number of imidazole rings is 1. The number of pyridine rings is 1. The lowest BCUT2D eigenvalue weighted by Gasteiger charge is -2.18. The lowest BCUT2D eigenvalue weighted by Crippen LogP contribution is -2.39. The number of nitrogens with zero attached hydrogens (tertiary/aromatic N) is 2. The highest BCUT2D eigenvalue weighted by Crippen LogP contribution is 2.26. The Balaban J connectivity index is 1.98. The zero-order valence-corrected chi connectivity index (χ0v) is 12.5. The third kappa shape index (κ3) is 2.55. The first-order valence-electron chi connectivity index (χ1n) is 7.17. The fourth-order valence-electron chi connectivity index (χ4n) is 2.60. The Bertz CT molecular complexity index is 725. The second-order valence-electron chi connectivity index (χ2n) is 6.60. The predicted octanol–water partition coefficient (Wildman–Crippen LogP) is 2.15. The minimum absolute atomic E-state index is 0.0628. The van der Waals surface area contributed by atoms with E-state index in [-0.39, 0.29) is 23.1 Å². The Morgan fingerprint density at radius 3 is 2.67 bits per heavy atom. The number of amides is 2. The van der Waals surface area contributed by atoms with Gasteiger partial charge in [0.2, 0.25) is 11.8 Å². The summed E-state index contributed by atoms with van der Waals surface area (Å²) < 4.78 is 1.96. The fourth-order valence-corrected chi connectivity index (χ4v) is 2.60. The molecule has 5 heteroatoms. The molecule has 1 fully saturated rings. The smallest absolute Gasteiger partial charge is 0.235 e. The van der Waals surface area contributed by atoms with Gasteiger partial charge in [-0.2, -0.15) is 0 Å².